The number of aliphatic hydroxyl groups is 1. The predicted molar refractivity (Wildman–Crippen MR) is 71.9 cm³/mol. The molecule has 1 aliphatic carbocycles. The van der Waals surface area contributed by atoms with Crippen LogP contribution >= 0.6 is 0 Å². The third-order valence-electron chi connectivity index (χ3n) is 3.46. The van der Waals surface area contributed by atoms with Gasteiger partial charge < -0.3 is 15.7 Å². The lowest BCUT2D eigenvalue weighted by Crippen LogP contribution is -2.36. The number of aromatic nitrogens is 1. The average Bonchev–Trinajstić information content (AvgIpc) is 2.90. The van der Waals surface area contributed by atoms with Crippen molar-refractivity contribution in [2.45, 2.75) is 31.7 Å². The maximum Gasteiger partial charge on any atom is 0.128 e. The van der Waals surface area contributed by atoms with E-state index in [0.717, 1.165) is 18.7 Å². The van der Waals surface area contributed by atoms with Crippen LogP contribution < -0.4 is 10.6 Å². The minimum absolute atomic E-state index is 0.0311. The molecule has 5 nitrogen and oxygen atoms in total. The molecule has 0 spiro atoms. The molecule has 0 bridgehead atoms. The number of nitrogens with zero attached hydrogens (tertiary/aromatic N) is 2. The third kappa shape index (κ3) is 2.79. The van der Waals surface area contributed by atoms with Gasteiger partial charge in [0.2, 0.25) is 0 Å². The zero-order valence-corrected chi connectivity index (χ0v) is 10.5. The number of anilines is 1. The molecule has 1 aliphatic rings. The molecule has 0 aliphatic heterocycles. The van der Waals surface area contributed by atoms with E-state index in [9.17, 15) is 5.11 Å². The second kappa shape index (κ2) is 5.82. The molecule has 1 fully saturated rings. The summed E-state index contributed by atoms with van der Waals surface area (Å²) in [6, 6.07) is 4.17. The Hall–Kier alpha value is -1.62. The first kappa shape index (κ1) is 12.8. The Morgan fingerprint density at radius 1 is 1.44 bits per heavy atom. The summed E-state index contributed by atoms with van der Waals surface area (Å²) in [5, 5.41) is 16.5. The summed E-state index contributed by atoms with van der Waals surface area (Å²) < 4.78 is 0. The monoisotopic (exact) mass is 248 g/mol. The molecule has 0 amide bonds. The number of nitrogen functional groups attached to an aromatic ring is 1. The average molecular weight is 248 g/mol. The summed E-state index contributed by atoms with van der Waals surface area (Å²) in [6.45, 7) is 0.740. The standard InChI is InChI=1S/C13H20N4O/c14-13(15)10-5-6-12(16-9-10)17(7-8-18)11-3-1-2-4-11/h5-6,9,11,18H,1-4,7-8H2,(H3,14,15). The molecule has 1 aromatic rings. The second-order valence-corrected chi connectivity index (χ2v) is 4.67. The first-order valence-electron chi connectivity index (χ1n) is 6.40. The number of nitrogens with two attached hydrogens (primary N) is 1. The van der Waals surface area contributed by atoms with Crippen molar-refractivity contribution < 1.29 is 5.11 Å². The lowest BCUT2D eigenvalue weighted by molar-refractivity contribution is 0.297. The Kier molecular flexibility index (Phi) is 4.15. The lowest BCUT2D eigenvalue weighted by atomic mass is 10.2. The first-order valence-corrected chi connectivity index (χ1v) is 6.40. The highest BCUT2D eigenvalue weighted by Gasteiger charge is 2.23. The van der Waals surface area contributed by atoms with Gasteiger partial charge in [-0.1, -0.05) is 12.8 Å². The van der Waals surface area contributed by atoms with Crippen molar-refractivity contribution >= 4 is 11.7 Å². The number of hydrogen-bond donors (Lipinski definition) is 3. The number of aliphatic hydroxyl groups excluding tert-OH is 1. The number of hydrogen-bond acceptors (Lipinski definition) is 4. The van der Waals surface area contributed by atoms with Crippen LogP contribution in [0.25, 0.3) is 0 Å². The largest absolute Gasteiger partial charge is 0.395 e. The fraction of sp³-hybridized carbons (Fsp3) is 0.538. The van der Waals surface area contributed by atoms with Crippen LogP contribution in [0.3, 0.4) is 0 Å². The normalized spacial score (nSPS) is 15.8. The molecule has 1 aromatic heterocycles. The van der Waals surface area contributed by atoms with Crippen LogP contribution in [0.5, 0.6) is 0 Å². The highest BCUT2D eigenvalue weighted by atomic mass is 16.3. The van der Waals surface area contributed by atoms with Crippen molar-refractivity contribution in [1.82, 2.24) is 4.98 Å². The third-order valence-corrected chi connectivity index (χ3v) is 3.46. The molecule has 18 heavy (non-hydrogen) atoms. The van der Waals surface area contributed by atoms with Crippen LogP contribution in [0.1, 0.15) is 31.2 Å². The van der Waals surface area contributed by atoms with E-state index in [2.05, 4.69) is 9.88 Å². The summed E-state index contributed by atoms with van der Waals surface area (Å²) in [6.07, 6.45) is 6.44. The van der Waals surface area contributed by atoms with Gasteiger partial charge in [0.25, 0.3) is 0 Å². The Morgan fingerprint density at radius 3 is 2.67 bits per heavy atom. The van der Waals surface area contributed by atoms with Gasteiger partial charge in [0, 0.05) is 24.3 Å². The van der Waals surface area contributed by atoms with Crippen LogP contribution in [0.15, 0.2) is 18.3 Å². The number of amidine groups is 1. The smallest absolute Gasteiger partial charge is 0.128 e. The minimum Gasteiger partial charge on any atom is -0.395 e. The summed E-state index contributed by atoms with van der Waals surface area (Å²) in [5.74, 6) is 0.893. The quantitative estimate of drug-likeness (QED) is 0.538. The number of pyridine rings is 1. The Labute approximate surface area is 107 Å². The van der Waals surface area contributed by atoms with Gasteiger partial charge in [-0.05, 0) is 25.0 Å². The lowest BCUT2D eigenvalue weighted by Gasteiger charge is -2.29. The van der Waals surface area contributed by atoms with Crippen LogP contribution in [0.4, 0.5) is 5.82 Å². The highest BCUT2D eigenvalue weighted by Crippen LogP contribution is 2.26. The van der Waals surface area contributed by atoms with E-state index >= 15 is 0 Å². The molecule has 5 heteroatoms. The van der Waals surface area contributed by atoms with Gasteiger partial charge in [-0.15, -0.1) is 0 Å². The molecule has 0 aromatic carbocycles. The zero-order chi connectivity index (χ0) is 13.0. The molecular formula is C13H20N4O. The van der Waals surface area contributed by atoms with Crippen LogP contribution in [-0.2, 0) is 0 Å². The van der Waals surface area contributed by atoms with Gasteiger partial charge in [-0.2, -0.15) is 0 Å². The summed E-state index contributed by atoms with van der Waals surface area (Å²) in [7, 11) is 0. The van der Waals surface area contributed by atoms with Gasteiger partial charge in [0.05, 0.1) is 6.61 Å². The molecule has 98 valence electrons. The summed E-state index contributed by atoms with van der Waals surface area (Å²) in [4.78, 5) is 6.52. The van der Waals surface area contributed by atoms with E-state index < -0.39 is 0 Å². The van der Waals surface area contributed by atoms with Gasteiger partial charge in [-0.3, -0.25) is 5.41 Å². The fourth-order valence-corrected chi connectivity index (χ4v) is 2.52. The molecule has 0 atom stereocenters. The molecule has 0 saturated heterocycles. The molecule has 0 radical (unpaired) electrons. The topological polar surface area (TPSA) is 86.2 Å². The number of rotatable bonds is 5. The highest BCUT2D eigenvalue weighted by molar-refractivity contribution is 5.94. The van der Waals surface area contributed by atoms with Gasteiger partial charge >= 0.3 is 0 Å². The van der Waals surface area contributed by atoms with Crippen LogP contribution in [0, 0.1) is 5.41 Å². The maximum absolute atomic E-state index is 9.18. The van der Waals surface area contributed by atoms with Gasteiger partial charge in [0.15, 0.2) is 0 Å². The first-order chi connectivity index (χ1) is 8.72. The summed E-state index contributed by atoms with van der Waals surface area (Å²) >= 11 is 0. The Morgan fingerprint density at radius 2 is 2.17 bits per heavy atom. The van der Waals surface area contributed by atoms with Crippen molar-refractivity contribution in [3.05, 3.63) is 23.9 Å². The maximum atomic E-state index is 9.18. The SMILES string of the molecule is N=C(N)c1ccc(N(CCO)C2CCCC2)nc1. The van der Waals surface area contributed by atoms with E-state index in [4.69, 9.17) is 11.1 Å². The molecule has 1 heterocycles. The second-order valence-electron chi connectivity index (χ2n) is 4.67. The van der Waals surface area contributed by atoms with E-state index in [1.165, 1.54) is 12.8 Å². The molecule has 1 saturated carbocycles. The van der Waals surface area contributed by atoms with Crippen molar-refractivity contribution in [3.63, 3.8) is 0 Å². The molecule has 0 unspecified atom stereocenters. The van der Waals surface area contributed by atoms with Crippen molar-refractivity contribution in [1.29, 1.82) is 5.41 Å². The predicted octanol–water partition coefficient (Wildman–Crippen LogP) is 1.11. The van der Waals surface area contributed by atoms with Gasteiger partial charge in [-0.25, -0.2) is 4.98 Å². The van der Waals surface area contributed by atoms with Crippen molar-refractivity contribution in [2.75, 3.05) is 18.1 Å². The Bertz CT molecular complexity index is 398. The van der Waals surface area contributed by atoms with Crippen LogP contribution in [0.2, 0.25) is 0 Å². The van der Waals surface area contributed by atoms with E-state index in [1.54, 1.807) is 6.20 Å². The van der Waals surface area contributed by atoms with Crippen molar-refractivity contribution in [2.24, 2.45) is 5.73 Å². The van der Waals surface area contributed by atoms with Crippen LogP contribution in [-0.4, -0.2) is 35.1 Å². The fourth-order valence-electron chi connectivity index (χ4n) is 2.52. The minimum atomic E-state index is 0.0311. The number of nitrogens with one attached hydrogen (secondary N) is 1. The molecule has 2 rings (SSSR count). The Balaban J connectivity index is 2.16. The van der Waals surface area contributed by atoms with E-state index in [-0.39, 0.29) is 12.4 Å². The zero-order valence-electron chi connectivity index (χ0n) is 10.5. The molecular weight excluding hydrogens is 228 g/mol. The summed E-state index contributed by atoms with van der Waals surface area (Å²) in [5.41, 5.74) is 6.04. The van der Waals surface area contributed by atoms with E-state index in [0.29, 0.717) is 18.2 Å². The molecule has 4 N–H and O–H groups in total. The van der Waals surface area contributed by atoms with Crippen molar-refractivity contribution in [3.8, 4) is 0 Å². The van der Waals surface area contributed by atoms with E-state index in [1.807, 2.05) is 12.1 Å². The van der Waals surface area contributed by atoms with Gasteiger partial charge in [0.1, 0.15) is 11.7 Å².